The van der Waals surface area contributed by atoms with Crippen molar-refractivity contribution >= 4 is 11.5 Å². The number of carbonyl (C=O) groups excluding carboxylic acids is 1. The molecule has 3 heteroatoms. The molecule has 0 bridgehead atoms. The highest BCUT2D eigenvalue weighted by Gasteiger charge is 2.03. The molecule has 0 fully saturated rings. The van der Waals surface area contributed by atoms with E-state index < -0.39 is 0 Å². The lowest BCUT2D eigenvalue weighted by molar-refractivity contribution is 0.101. The Hall–Kier alpha value is -1.38. The molecule has 1 aromatic carbocycles. The Morgan fingerprint density at radius 2 is 2.15 bits per heavy atom. The molecule has 0 unspecified atom stereocenters. The number of nitrogens with one attached hydrogen (secondary N) is 1. The van der Waals surface area contributed by atoms with Gasteiger partial charge in [0.25, 0.3) is 0 Å². The number of halogens is 1. The van der Waals surface area contributed by atoms with Gasteiger partial charge in [-0.05, 0) is 32.0 Å². The van der Waals surface area contributed by atoms with E-state index in [-0.39, 0.29) is 11.6 Å². The van der Waals surface area contributed by atoms with E-state index in [1.54, 1.807) is 6.07 Å². The number of ketones is 1. The van der Waals surface area contributed by atoms with Gasteiger partial charge < -0.3 is 5.32 Å². The third-order valence-corrected chi connectivity index (χ3v) is 1.69. The van der Waals surface area contributed by atoms with Crippen LogP contribution in [0, 0.1) is 5.82 Å². The summed E-state index contributed by atoms with van der Waals surface area (Å²) in [5.74, 6) is -0.512. The zero-order valence-corrected chi connectivity index (χ0v) is 7.73. The number of Topliss-reactive ketones (excluding diaryl/α,β-unsaturated/α-hetero) is 1. The smallest absolute Gasteiger partial charge is 0.159 e. The highest BCUT2D eigenvalue weighted by molar-refractivity contribution is 5.94. The first-order chi connectivity index (χ1) is 6.13. The third-order valence-electron chi connectivity index (χ3n) is 1.69. The first kappa shape index (κ1) is 9.71. The summed E-state index contributed by atoms with van der Waals surface area (Å²) in [6.45, 7) is 4.05. The second-order valence-corrected chi connectivity index (χ2v) is 2.82. The molecule has 1 aromatic rings. The molecule has 0 radical (unpaired) electrons. The second kappa shape index (κ2) is 4.03. The molecule has 0 aliphatic heterocycles. The minimum absolute atomic E-state index is 0.126. The van der Waals surface area contributed by atoms with Crippen LogP contribution in [-0.2, 0) is 0 Å². The van der Waals surface area contributed by atoms with E-state index >= 15 is 0 Å². The molecule has 0 saturated carbocycles. The quantitative estimate of drug-likeness (QED) is 0.726. The van der Waals surface area contributed by atoms with Gasteiger partial charge in [-0.25, -0.2) is 4.39 Å². The summed E-state index contributed by atoms with van der Waals surface area (Å²) in [5, 5.41) is 2.95. The van der Waals surface area contributed by atoms with Gasteiger partial charge >= 0.3 is 0 Å². The molecule has 13 heavy (non-hydrogen) atoms. The monoisotopic (exact) mass is 181 g/mol. The number of hydrogen-bond acceptors (Lipinski definition) is 2. The zero-order chi connectivity index (χ0) is 9.84. The van der Waals surface area contributed by atoms with Crippen LogP contribution in [0.1, 0.15) is 24.2 Å². The number of carbonyl (C=O) groups is 1. The molecule has 0 heterocycles. The maximum absolute atomic E-state index is 12.9. The lowest BCUT2D eigenvalue weighted by Gasteiger charge is -2.04. The molecule has 0 aliphatic rings. The van der Waals surface area contributed by atoms with Crippen LogP contribution in [0.5, 0.6) is 0 Å². The van der Waals surface area contributed by atoms with Gasteiger partial charge in [-0.15, -0.1) is 0 Å². The minimum atomic E-state index is -0.386. The highest BCUT2D eigenvalue weighted by atomic mass is 19.1. The fourth-order valence-corrected chi connectivity index (χ4v) is 1.10. The summed E-state index contributed by atoms with van der Waals surface area (Å²) in [5.41, 5.74) is 1.05. The molecule has 70 valence electrons. The molecule has 2 nitrogen and oxygen atoms in total. The average Bonchev–Trinajstić information content (AvgIpc) is 2.03. The van der Waals surface area contributed by atoms with Gasteiger partial charge in [0.1, 0.15) is 5.82 Å². The fourth-order valence-electron chi connectivity index (χ4n) is 1.10. The minimum Gasteiger partial charge on any atom is -0.385 e. The van der Waals surface area contributed by atoms with Crippen molar-refractivity contribution < 1.29 is 9.18 Å². The van der Waals surface area contributed by atoms with E-state index in [2.05, 4.69) is 5.32 Å². The Bertz CT molecular complexity index is 323. The molecular formula is C10H12FNO. The topological polar surface area (TPSA) is 29.1 Å². The zero-order valence-electron chi connectivity index (χ0n) is 7.73. The van der Waals surface area contributed by atoms with Gasteiger partial charge in [0, 0.05) is 17.8 Å². The highest BCUT2D eigenvalue weighted by Crippen LogP contribution is 2.14. The van der Waals surface area contributed by atoms with Crippen LogP contribution in [0.3, 0.4) is 0 Å². The van der Waals surface area contributed by atoms with E-state index in [1.807, 2.05) is 6.92 Å². The normalized spacial score (nSPS) is 9.77. The van der Waals surface area contributed by atoms with Gasteiger partial charge in [0.15, 0.2) is 5.78 Å². The Morgan fingerprint density at radius 1 is 1.46 bits per heavy atom. The molecule has 0 aliphatic carbocycles. The largest absolute Gasteiger partial charge is 0.385 e. The summed E-state index contributed by atoms with van der Waals surface area (Å²) >= 11 is 0. The van der Waals surface area contributed by atoms with Gasteiger partial charge in [-0.2, -0.15) is 0 Å². The fraction of sp³-hybridized carbons (Fsp3) is 0.300. The van der Waals surface area contributed by atoms with Crippen molar-refractivity contribution in [3.8, 4) is 0 Å². The predicted molar refractivity (Wildman–Crippen MR) is 50.6 cm³/mol. The Morgan fingerprint density at radius 3 is 2.69 bits per heavy atom. The van der Waals surface area contributed by atoms with Crippen molar-refractivity contribution in [3.05, 3.63) is 29.6 Å². The summed E-state index contributed by atoms with van der Waals surface area (Å²) < 4.78 is 12.9. The molecule has 0 aromatic heterocycles. The molecule has 0 spiro atoms. The Balaban J connectivity index is 3.03. The van der Waals surface area contributed by atoms with E-state index in [0.29, 0.717) is 17.8 Å². The molecule has 1 rings (SSSR count). The lowest BCUT2D eigenvalue weighted by Crippen LogP contribution is -2.00. The van der Waals surface area contributed by atoms with Crippen LogP contribution < -0.4 is 5.32 Å². The van der Waals surface area contributed by atoms with Crippen molar-refractivity contribution in [2.24, 2.45) is 0 Å². The maximum Gasteiger partial charge on any atom is 0.159 e. The van der Waals surface area contributed by atoms with Crippen molar-refractivity contribution in [2.75, 3.05) is 11.9 Å². The molecule has 0 saturated heterocycles. The van der Waals surface area contributed by atoms with Crippen LogP contribution in [0.25, 0.3) is 0 Å². The van der Waals surface area contributed by atoms with E-state index in [1.165, 1.54) is 19.1 Å². The summed E-state index contributed by atoms with van der Waals surface area (Å²) in [6.07, 6.45) is 0. The first-order valence-electron chi connectivity index (χ1n) is 4.19. The van der Waals surface area contributed by atoms with Crippen LogP contribution in [0.2, 0.25) is 0 Å². The van der Waals surface area contributed by atoms with Crippen molar-refractivity contribution in [1.82, 2.24) is 0 Å². The van der Waals surface area contributed by atoms with Crippen LogP contribution in [-0.4, -0.2) is 12.3 Å². The Kier molecular flexibility index (Phi) is 3.01. The first-order valence-corrected chi connectivity index (χ1v) is 4.19. The van der Waals surface area contributed by atoms with Gasteiger partial charge in [0.2, 0.25) is 0 Å². The molecule has 1 N–H and O–H groups in total. The number of anilines is 1. The lowest BCUT2D eigenvalue weighted by atomic mass is 10.1. The van der Waals surface area contributed by atoms with Gasteiger partial charge in [0.05, 0.1) is 0 Å². The summed E-state index contributed by atoms with van der Waals surface area (Å²) in [6, 6.07) is 4.26. The maximum atomic E-state index is 12.9. The number of benzene rings is 1. The van der Waals surface area contributed by atoms with E-state index in [4.69, 9.17) is 0 Å². The van der Waals surface area contributed by atoms with Crippen LogP contribution >= 0.6 is 0 Å². The van der Waals surface area contributed by atoms with Crippen molar-refractivity contribution in [3.63, 3.8) is 0 Å². The Labute approximate surface area is 76.8 Å². The predicted octanol–water partition coefficient (Wildman–Crippen LogP) is 2.46. The van der Waals surface area contributed by atoms with Crippen LogP contribution in [0.15, 0.2) is 18.2 Å². The van der Waals surface area contributed by atoms with E-state index in [0.717, 1.165) is 0 Å². The van der Waals surface area contributed by atoms with Crippen LogP contribution in [0.4, 0.5) is 10.1 Å². The standard InChI is InChI=1S/C10H12FNO/c1-3-12-10-5-8(7(2)13)4-9(11)6-10/h4-6,12H,3H2,1-2H3. The average molecular weight is 181 g/mol. The second-order valence-electron chi connectivity index (χ2n) is 2.82. The molecular weight excluding hydrogens is 169 g/mol. The summed E-state index contributed by atoms with van der Waals surface area (Å²) in [4.78, 5) is 11.0. The summed E-state index contributed by atoms with van der Waals surface area (Å²) in [7, 11) is 0. The number of rotatable bonds is 3. The number of hydrogen-bond donors (Lipinski definition) is 1. The molecule has 0 atom stereocenters. The van der Waals surface area contributed by atoms with Gasteiger partial charge in [-0.3, -0.25) is 4.79 Å². The van der Waals surface area contributed by atoms with Gasteiger partial charge in [-0.1, -0.05) is 0 Å². The third kappa shape index (κ3) is 2.54. The van der Waals surface area contributed by atoms with Crippen molar-refractivity contribution in [1.29, 1.82) is 0 Å². The molecule has 0 amide bonds. The van der Waals surface area contributed by atoms with Crippen molar-refractivity contribution in [2.45, 2.75) is 13.8 Å². The SMILES string of the molecule is CCNc1cc(F)cc(C(C)=O)c1. The van der Waals surface area contributed by atoms with E-state index in [9.17, 15) is 9.18 Å².